The maximum absolute atomic E-state index is 11.9. The maximum Gasteiger partial charge on any atom is 0.411 e. The van der Waals surface area contributed by atoms with Crippen molar-refractivity contribution in [3.05, 3.63) is 0 Å². The SMILES string of the molecule is CC(C)(C)C1CCC(O)(CNC(=O)COCC(F)(F)F)CC1. The molecule has 1 amide bonds. The van der Waals surface area contributed by atoms with Crippen LogP contribution in [0.4, 0.5) is 13.2 Å². The molecule has 0 aliphatic heterocycles. The minimum Gasteiger partial charge on any atom is -0.388 e. The lowest BCUT2D eigenvalue weighted by Gasteiger charge is -2.41. The van der Waals surface area contributed by atoms with E-state index >= 15 is 0 Å². The quantitative estimate of drug-likeness (QED) is 0.817. The van der Waals surface area contributed by atoms with Gasteiger partial charge in [-0.1, -0.05) is 20.8 Å². The van der Waals surface area contributed by atoms with Gasteiger partial charge in [-0.2, -0.15) is 13.2 Å². The first-order chi connectivity index (χ1) is 9.91. The molecule has 0 bridgehead atoms. The van der Waals surface area contributed by atoms with Gasteiger partial charge in [-0.15, -0.1) is 0 Å². The Morgan fingerprint density at radius 2 is 1.82 bits per heavy atom. The minimum atomic E-state index is -4.44. The second kappa shape index (κ2) is 7.17. The van der Waals surface area contributed by atoms with Gasteiger partial charge in [0.1, 0.15) is 13.2 Å². The third-order valence-electron chi connectivity index (χ3n) is 4.25. The molecule has 0 aromatic heterocycles. The summed E-state index contributed by atoms with van der Waals surface area (Å²) in [5.74, 6) is -0.116. The topological polar surface area (TPSA) is 58.6 Å². The highest BCUT2D eigenvalue weighted by Crippen LogP contribution is 2.41. The van der Waals surface area contributed by atoms with Crippen LogP contribution >= 0.6 is 0 Å². The van der Waals surface area contributed by atoms with Gasteiger partial charge in [0.25, 0.3) is 0 Å². The van der Waals surface area contributed by atoms with Crippen LogP contribution in [-0.4, -0.2) is 42.5 Å². The Kier molecular flexibility index (Phi) is 6.27. The molecule has 0 spiro atoms. The fourth-order valence-corrected chi connectivity index (χ4v) is 2.77. The number of halogens is 3. The Hall–Kier alpha value is -0.820. The van der Waals surface area contributed by atoms with Crippen molar-refractivity contribution < 1.29 is 27.8 Å². The number of nitrogens with one attached hydrogen (secondary N) is 1. The molecule has 0 radical (unpaired) electrons. The van der Waals surface area contributed by atoms with Gasteiger partial charge in [0.15, 0.2) is 0 Å². The molecule has 1 aliphatic rings. The van der Waals surface area contributed by atoms with Gasteiger partial charge in [-0.05, 0) is 37.0 Å². The highest BCUT2D eigenvalue weighted by molar-refractivity contribution is 5.77. The van der Waals surface area contributed by atoms with Crippen molar-refractivity contribution in [2.45, 2.75) is 58.2 Å². The van der Waals surface area contributed by atoms with E-state index in [1.54, 1.807) is 0 Å². The number of amides is 1. The minimum absolute atomic E-state index is 0.0536. The molecule has 0 aromatic rings. The number of carbonyl (C=O) groups excluding carboxylic acids is 1. The average molecular weight is 325 g/mol. The predicted octanol–water partition coefficient (Wildman–Crippen LogP) is 2.65. The fraction of sp³-hybridized carbons (Fsp3) is 0.933. The number of hydrogen-bond donors (Lipinski definition) is 2. The second-order valence-electron chi connectivity index (χ2n) is 7.25. The van der Waals surface area contributed by atoms with E-state index in [9.17, 15) is 23.1 Å². The zero-order valence-corrected chi connectivity index (χ0v) is 13.4. The number of ether oxygens (including phenoxy) is 1. The van der Waals surface area contributed by atoms with Crippen molar-refractivity contribution in [2.24, 2.45) is 11.3 Å². The molecule has 7 heteroatoms. The molecule has 1 rings (SSSR count). The molecular weight excluding hydrogens is 299 g/mol. The monoisotopic (exact) mass is 325 g/mol. The van der Waals surface area contributed by atoms with Gasteiger partial charge < -0.3 is 15.2 Å². The summed E-state index contributed by atoms with van der Waals surface area (Å²) in [6.07, 6.45) is -1.53. The zero-order valence-electron chi connectivity index (χ0n) is 13.4. The van der Waals surface area contributed by atoms with Crippen LogP contribution in [-0.2, 0) is 9.53 Å². The van der Waals surface area contributed by atoms with E-state index in [2.05, 4.69) is 30.8 Å². The first-order valence-corrected chi connectivity index (χ1v) is 7.55. The number of rotatable bonds is 5. The Morgan fingerprint density at radius 1 is 1.27 bits per heavy atom. The largest absolute Gasteiger partial charge is 0.411 e. The fourth-order valence-electron chi connectivity index (χ4n) is 2.77. The molecular formula is C15H26F3NO3. The highest BCUT2D eigenvalue weighted by atomic mass is 19.4. The van der Waals surface area contributed by atoms with Crippen LogP contribution < -0.4 is 5.32 Å². The predicted molar refractivity (Wildman–Crippen MR) is 76.2 cm³/mol. The molecule has 0 atom stereocenters. The molecule has 1 fully saturated rings. The molecule has 22 heavy (non-hydrogen) atoms. The number of aliphatic hydroxyl groups is 1. The van der Waals surface area contributed by atoms with Crippen LogP contribution in [0.2, 0.25) is 0 Å². The van der Waals surface area contributed by atoms with E-state index in [1.165, 1.54) is 0 Å². The van der Waals surface area contributed by atoms with Crippen molar-refractivity contribution in [3.63, 3.8) is 0 Å². The van der Waals surface area contributed by atoms with Gasteiger partial charge in [-0.3, -0.25) is 4.79 Å². The molecule has 4 nitrogen and oxygen atoms in total. The van der Waals surface area contributed by atoms with Crippen LogP contribution in [0.1, 0.15) is 46.5 Å². The first kappa shape index (κ1) is 19.2. The Bertz CT molecular complexity index is 369. The van der Waals surface area contributed by atoms with Crippen molar-refractivity contribution in [1.82, 2.24) is 5.32 Å². The Balaban J connectivity index is 2.28. The second-order valence-corrected chi connectivity index (χ2v) is 7.25. The number of hydrogen-bond acceptors (Lipinski definition) is 3. The van der Waals surface area contributed by atoms with Gasteiger partial charge >= 0.3 is 6.18 Å². The van der Waals surface area contributed by atoms with Crippen molar-refractivity contribution >= 4 is 5.91 Å². The van der Waals surface area contributed by atoms with E-state index in [-0.39, 0.29) is 12.0 Å². The zero-order chi connectivity index (χ0) is 17.0. The number of alkyl halides is 3. The summed E-state index contributed by atoms with van der Waals surface area (Å²) in [6.45, 7) is 4.46. The molecule has 0 saturated heterocycles. The first-order valence-electron chi connectivity index (χ1n) is 7.55. The summed E-state index contributed by atoms with van der Waals surface area (Å²) in [5, 5.41) is 12.9. The molecule has 0 aromatic carbocycles. The molecule has 1 aliphatic carbocycles. The maximum atomic E-state index is 11.9. The van der Waals surface area contributed by atoms with Crippen LogP contribution in [0, 0.1) is 11.3 Å². The van der Waals surface area contributed by atoms with Gasteiger partial charge in [0, 0.05) is 6.54 Å². The standard InChI is InChI=1S/C15H26F3NO3/c1-13(2,3)11-4-6-14(21,7-5-11)9-19-12(20)8-22-10-15(16,17)18/h11,21H,4-10H2,1-3H3,(H,19,20). The molecule has 0 heterocycles. The number of carbonyl (C=O) groups is 1. The van der Waals surface area contributed by atoms with E-state index in [4.69, 9.17) is 0 Å². The lowest BCUT2D eigenvalue weighted by molar-refractivity contribution is -0.175. The summed E-state index contributed by atoms with van der Waals surface area (Å²) in [6, 6.07) is 0. The Morgan fingerprint density at radius 3 is 2.27 bits per heavy atom. The van der Waals surface area contributed by atoms with Crippen LogP contribution in [0.3, 0.4) is 0 Å². The van der Waals surface area contributed by atoms with E-state index in [1.807, 2.05) is 0 Å². The average Bonchev–Trinajstić information content (AvgIpc) is 2.34. The third kappa shape index (κ3) is 6.96. The normalized spacial score (nSPS) is 26.8. The molecule has 130 valence electrons. The van der Waals surface area contributed by atoms with Crippen molar-refractivity contribution in [3.8, 4) is 0 Å². The summed E-state index contributed by atoms with van der Waals surface area (Å²) in [5.41, 5.74) is -0.780. The summed E-state index contributed by atoms with van der Waals surface area (Å²) < 4.78 is 39.9. The van der Waals surface area contributed by atoms with Gasteiger partial charge in [0.05, 0.1) is 5.60 Å². The Labute approximate surface area is 129 Å². The van der Waals surface area contributed by atoms with E-state index < -0.39 is 30.9 Å². The van der Waals surface area contributed by atoms with Crippen molar-refractivity contribution in [1.29, 1.82) is 0 Å². The van der Waals surface area contributed by atoms with Gasteiger partial charge in [0.2, 0.25) is 5.91 Å². The van der Waals surface area contributed by atoms with E-state index in [0.29, 0.717) is 18.8 Å². The van der Waals surface area contributed by atoms with Gasteiger partial charge in [-0.25, -0.2) is 0 Å². The van der Waals surface area contributed by atoms with Crippen LogP contribution in [0.25, 0.3) is 0 Å². The summed E-state index contributed by atoms with van der Waals surface area (Å²) in [4.78, 5) is 11.4. The van der Waals surface area contributed by atoms with E-state index in [0.717, 1.165) is 12.8 Å². The molecule has 2 N–H and O–H groups in total. The summed E-state index contributed by atoms with van der Waals surface area (Å²) in [7, 11) is 0. The third-order valence-corrected chi connectivity index (χ3v) is 4.25. The smallest absolute Gasteiger partial charge is 0.388 e. The summed E-state index contributed by atoms with van der Waals surface area (Å²) >= 11 is 0. The van der Waals surface area contributed by atoms with Crippen LogP contribution in [0.15, 0.2) is 0 Å². The molecule has 1 saturated carbocycles. The lowest BCUT2D eigenvalue weighted by atomic mass is 9.68. The van der Waals surface area contributed by atoms with Crippen LogP contribution in [0.5, 0.6) is 0 Å². The lowest BCUT2D eigenvalue weighted by Crippen LogP contribution is -2.47. The van der Waals surface area contributed by atoms with Crippen molar-refractivity contribution in [2.75, 3.05) is 19.8 Å². The highest BCUT2D eigenvalue weighted by Gasteiger charge is 2.37. The molecule has 0 unspecified atom stereocenters.